The molecule has 1 aliphatic carbocycles. The number of aromatic nitrogens is 1. The summed E-state index contributed by atoms with van der Waals surface area (Å²) in [7, 11) is 2.06. The van der Waals surface area contributed by atoms with Crippen LogP contribution in [0.25, 0.3) is 0 Å². The number of carbonyl (C=O) groups is 1. The van der Waals surface area contributed by atoms with Crippen LogP contribution in [0.5, 0.6) is 0 Å². The number of hydrogen-bond acceptors (Lipinski definition) is 4. The molecule has 0 radical (unpaired) electrons. The molecule has 31 heavy (non-hydrogen) atoms. The van der Waals surface area contributed by atoms with Crippen LogP contribution in [0.4, 0.5) is 0 Å². The molecule has 0 unspecified atom stereocenters. The number of rotatable bonds is 7. The molecule has 0 saturated heterocycles. The number of amides is 1. The number of nitrogens with zero attached hydrogens (tertiary/aromatic N) is 4. The van der Waals surface area contributed by atoms with Gasteiger partial charge in [-0.25, -0.2) is 4.98 Å². The minimum Gasteiger partial charge on any atom is -0.357 e. The summed E-state index contributed by atoms with van der Waals surface area (Å²) in [5, 5.41) is 4.55. The van der Waals surface area contributed by atoms with Gasteiger partial charge in [0.25, 0.3) is 0 Å². The van der Waals surface area contributed by atoms with Crippen molar-refractivity contribution in [2.75, 3.05) is 20.1 Å². The minimum atomic E-state index is 0.220. The Bertz CT molecular complexity index is 889. The largest absolute Gasteiger partial charge is 0.357 e. The van der Waals surface area contributed by atoms with E-state index in [4.69, 9.17) is 9.98 Å². The van der Waals surface area contributed by atoms with Gasteiger partial charge in [0.2, 0.25) is 5.91 Å². The van der Waals surface area contributed by atoms with Gasteiger partial charge in [-0.15, -0.1) is 11.3 Å². The highest BCUT2D eigenvalue weighted by atomic mass is 32.1. The van der Waals surface area contributed by atoms with Crippen LogP contribution < -0.4 is 5.32 Å². The predicted octanol–water partition coefficient (Wildman–Crippen LogP) is 3.74. The van der Waals surface area contributed by atoms with E-state index in [2.05, 4.69) is 36.3 Å². The summed E-state index contributed by atoms with van der Waals surface area (Å²) in [5.41, 5.74) is 3.85. The second-order valence-corrected chi connectivity index (χ2v) is 9.57. The van der Waals surface area contributed by atoms with Crippen molar-refractivity contribution in [2.45, 2.75) is 65.1 Å². The van der Waals surface area contributed by atoms with Crippen molar-refractivity contribution < 1.29 is 4.79 Å². The van der Waals surface area contributed by atoms with Gasteiger partial charge in [-0.2, -0.15) is 0 Å². The molecule has 2 aliphatic rings. The summed E-state index contributed by atoms with van der Waals surface area (Å²) < 4.78 is 0. The van der Waals surface area contributed by atoms with E-state index < -0.39 is 0 Å². The molecule has 0 spiro atoms. The van der Waals surface area contributed by atoms with E-state index in [1.54, 1.807) is 0 Å². The molecule has 6 nitrogen and oxygen atoms in total. The predicted molar refractivity (Wildman–Crippen MR) is 126 cm³/mol. The van der Waals surface area contributed by atoms with Crippen LogP contribution in [-0.2, 0) is 37.3 Å². The van der Waals surface area contributed by atoms with E-state index in [-0.39, 0.29) is 5.91 Å². The van der Waals surface area contributed by atoms with Crippen LogP contribution in [0.1, 0.15) is 59.3 Å². The van der Waals surface area contributed by atoms with Crippen molar-refractivity contribution in [2.24, 2.45) is 4.99 Å². The lowest BCUT2D eigenvalue weighted by atomic mass is 10.0. The van der Waals surface area contributed by atoms with Crippen molar-refractivity contribution in [1.82, 2.24) is 20.1 Å². The van der Waals surface area contributed by atoms with E-state index in [1.165, 1.54) is 46.0 Å². The number of fused-ring (bicyclic) bond motifs is 2. The first kappa shape index (κ1) is 21.8. The van der Waals surface area contributed by atoms with E-state index in [0.29, 0.717) is 13.0 Å². The zero-order chi connectivity index (χ0) is 21.6. The van der Waals surface area contributed by atoms with Gasteiger partial charge in [0.15, 0.2) is 5.96 Å². The molecule has 0 atom stereocenters. The van der Waals surface area contributed by atoms with Crippen LogP contribution in [0.3, 0.4) is 0 Å². The van der Waals surface area contributed by atoms with E-state index in [9.17, 15) is 4.79 Å². The van der Waals surface area contributed by atoms with Crippen LogP contribution in [0.15, 0.2) is 29.3 Å². The Morgan fingerprint density at radius 3 is 2.68 bits per heavy atom. The molecule has 4 rings (SSSR count). The quantitative estimate of drug-likeness (QED) is 0.406. The molecule has 2 aromatic rings. The van der Waals surface area contributed by atoms with Crippen LogP contribution in [0.2, 0.25) is 0 Å². The average molecular weight is 440 g/mol. The molecule has 1 aromatic carbocycles. The standard InChI is InChI=1S/C24H33N5OS/c1-3-25-24(28(2)17-22-27-20-11-6-7-12-21(20)31-22)26-14-8-13-23(30)29-15-18-9-4-5-10-19(18)16-29/h4-5,9-10H,3,6-8,11-17H2,1-2H3,(H,25,26). The Kier molecular flexibility index (Phi) is 7.22. The normalized spacial score (nSPS) is 15.5. The Morgan fingerprint density at radius 2 is 1.97 bits per heavy atom. The van der Waals surface area contributed by atoms with Gasteiger partial charge in [-0.05, 0) is 50.2 Å². The summed E-state index contributed by atoms with van der Waals surface area (Å²) in [6, 6.07) is 8.32. The van der Waals surface area contributed by atoms with Gasteiger partial charge in [-0.1, -0.05) is 24.3 Å². The number of guanidine groups is 1. The number of nitrogens with one attached hydrogen (secondary N) is 1. The number of hydrogen-bond donors (Lipinski definition) is 1. The lowest BCUT2D eigenvalue weighted by Crippen LogP contribution is -2.38. The Labute approximate surface area is 189 Å². The molecule has 2 heterocycles. The summed E-state index contributed by atoms with van der Waals surface area (Å²) in [5.74, 6) is 1.11. The first-order chi connectivity index (χ1) is 15.1. The SMILES string of the molecule is CCNC(=NCCCC(=O)N1Cc2ccccc2C1)N(C)Cc1nc2c(s1)CCCC2. The summed E-state index contributed by atoms with van der Waals surface area (Å²) in [6.07, 6.45) is 6.16. The van der Waals surface area contributed by atoms with Crippen molar-refractivity contribution in [3.05, 3.63) is 51.0 Å². The topological polar surface area (TPSA) is 60.8 Å². The number of carbonyl (C=O) groups excluding carboxylic acids is 1. The second kappa shape index (κ2) is 10.3. The zero-order valence-electron chi connectivity index (χ0n) is 18.7. The van der Waals surface area contributed by atoms with Crippen LogP contribution in [-0.4, -0.2) is 46.8 Å². The summed E-state index contributed by atoms with van der Waals surface area (Å²) >= 11 is 1.85. The lowest BCUT2D eigenvalue weighted by molar-refractivity contribution is -0.131. The Morgan fingerprint density at radius 1 is 1.23 bits per heavy atom. The number of aliphatic imine (C=N–C) groups is 1. The fourth-order valence-electron chi connectivity index (χ4n) is 4.30. The van der Waals surface area contributed by atoms with Crippen LogP contribution >= 0.6 is 11.3 Å². The van der Waals surface area contributed by atoms with E-state index in [1.807, 2.05) is 28.4 Å². The van der Waals surface area contributed by atoms with Crippen molar-refractivity contribution in [3.8, 4) is 0 Å². The molecule has 1 amide bonds. The highest BCUT2D eigenvalue weighted by Gasteiger charge is 2.22. The third-order valence-electron chi connectivity index (χ3n) is 5.96. The van der Waals surface area contributed by atoms with Crippen LogP contribution in [0, 0.1) is 0 Å². The van der Waals surface area contributed by atoms with Gasteiger partial charge in [0.1, 0.15) is 5.01 Å². The van der Waals surface area contributed by atoms with Gasteiger partial charge in [0.05, 0.1) is 12.2 Å². The van der Waals surface area contributed by atoms with Gasteiger partial charge >= 0.3 is 0 Å². The summed E-state index contributed by atoms with van der Waals surface area (Å²) in [6.45, 7) is 5.80. The van der Waals surface area contributed by atoms with E-state index in [0.717, 1.165) is 45.0 Å². The summed E-state index contributed by atoms with van der Waals surface area (Å²) in [4.78, 5) is 27.8. The maximum atomic E-state index is 12.6. The molecule has 7 heteroatoms. The van der Waals surface area contributed by atoms with Crippen molar-refractivity contribution in [3.63, 3.8) is 0 Å². The number of thiazole rings is 1. The molecule has 0 saturated carbocycles. The molecule has 1 N–H and O–H groups in total. The molecule has 166 valence electrons. The molecule has 0 fully saturated rings. The first-order valence-electron chi connectivity index (χ1n) is 11.5. The number of aryl methyl sites for hydroxylation is 2. The Hall–Kier alpha value is -2.41. The van der Waals surface area contributed by atoms with Gasteiger partial charge in [-0.3, -0.25) is 9.79 Å². The molecule has 0 bridgehead atoms. The molecule has 1 aromatic heterocycles. The first-order valence-corrected chi connectivity index (χ1v) is 12.3. The lowest BCUT2D eigenvalue weighted by Gasteiger charge is -2.21. The smallest absolute Gasteiger partial charge is 0.223 e. The van der Waals surface area contributed by atoms with Gasteiger partial charge in [0, 0.05) is 44.5 Å². The maximum Gasteiger partial charge on any atom is 0.223 e. The van der Waals surface area contributed by atoms with Gasteiger partial charge < -0.3 is 15.1 Å². The fraction of sp³-hybridized carbons (Fsp3) is 0.542. The molecule has 1 aliphatic heterocycles. The monoisotopic (exact) mass is 439 g/mol. The molecular formula is C24H33N5OS. The van der Waals surface area contributed by atoms with Crippen molar-refractivity contribution >= 4 is 23.2 Å². The maximum absolute atomic E-state index is 12.6. The Balaban J connectivity index is 1.26. The third kappa shape index (κ3) is 5.45. The molecular weight excluding hydrogens is 406 g/mol. The third-order valence-corrected chi connectivity index (χ3v) is 7.10. The highest BCUT2D eigenvalue weighted by molar-refractivity contribution is 7.11. The second-order valence-electron chi connectivity index (χ2n) is 8.40. The highest BCUT2D eigenvalue weighted by Crippen LogP contribution is 2.27. The average Bonchev–Trinajstić information content (AvgIpc) is 3.39. The minimum absolute atomic E-state index is 0.220. The number of benzene rings is 1. The zero-order valence-corrected chi connectivity index (χ0v) is 19.5. The van der Waals surface area contributed by atoms with E-state index >= 15 is 0 Å². The fourth-order valence-corrected chi connectivity index (χ4v) is 5.51. The van der Waals surface area contributed by atoms with Crippen molar-refractivity contribution in [1.29, 1.82) is 0 Å².